The number of halogens is 1. The van der Waals surface area contributed by atoms with Crippen molar-refractivity contribution in [2.45, 2.75) is 0 Å². The SMILES string of the molecule is Oc1ccccc1Cl.[Xe]. The first-order chi connectivity index (χ1) is 3.80. The Hall–Kier alpha value is 0.881. The molecule has 0 atom stereocenters. The Morgan fingerprint density at radius 3 is 2.11 bits per heavy atom. The van der Waals surface area contributed by atoms with Crippen LogP contribution in [0.5, 0.6) is 5.75 Å². The average Bonchev–Trinajstić information content (AvgIpc) is 1.77. The van der Waals surface area contributed by atoms with Crippen molar-refractivity contribution in [1.82, 2.24) is 0 Å². The van der Waals surface area contributed by atoms with Gasteiger partial charge in [0.15, 0.2) is 0 Å². The number of para-hydroxylation sites is 1. The average molecular weight is 260 g/mol. The molecule has 1 rings (SSSR count). The van der Waals surface area contributed by atoms with Crippen molar-refractivity contribution >= 4 is 11.6 Å². The molecule has 3 heteroatoms. The van der Waals surface area contributed by atoms with Crippen LogP contribution in [0.25, 0.3) is 0 Å². The van der Waals surface area contributed by atoms with Crippen LogP contribution < -0.4 is 0 Å². The quantitative estimate of drug-likeness (QED) is 0.756. The van der Waals surface area contributed by atoms with Crippen LogP contribution in [-0.2, 0) is 0 Å². The standard InChI is InChI=1S/C6H5ClO.Xe/c7-5-3-1-2-4-6(5)8;/h1-4,8H;. The normalized spacial score (nSPS) is 8.11. The van der Waals surface area contributed by atoms with E-state index in [4.69, 9.17) is 16.7 Å². The molecule has 0 aromatic heterocycles. The van der Waals surface area contributed by atoms with E-state index < -0.39 is 0 Å². The molecule has 50 valence electrons. The second kappa shape index (κ2) is 4.66. The number of phenols is 1. The van der Waals surface area contributed by atoms with Crippen molar-refractivity contribution in [3.8, 4) is 5.75 Å². The van der Waals surface area contributed by atoms with Gasteiger partial charge in [-0.05, 0) is 12.1 Å². The van der Waals surface area contributed by atoms with Crippen molar-refractivity contribution in [1.29, 1.82) is 0 Å². The smallest absolute Gasteiger partial charge is 0.134 e. The molecule has 0 saturated heterocycles. The first kappa shape index (κ1) is 9.88. The van der Waals surface area contributed by atoms with Gasteiger partial charge >= 0.3 is 0 Å². The van der Waals surface area contributed by atoms with Crippen molar-refractivity contribution in [2.75, 3.05) is 0 Å². The van der Waals surface area contributed by atoms with Gasteiger partial charge in [-0.2, -0.15) is 0 Å². The topological polar surface area (TPSA) is 20.2 Å². The minimum atomic E-state index is 0. The maximum Gasteiger partial charge on any atom is 0.134 e. The molecule has 1 nitrogen and oxygen atoms in total. The van der Waals surface area contributed by atoms with E-state index in [-0.39, 0.29) is 54.6 Å². The van der Waals surface area contributed by atoms with Gasteiger partial charge in [0, 0.05) is 48.9 Å². The summed E-state index contributed by atoms with van der Waals surface area (Å²) in [6, 6.07) is 6.67. The molecule has 0 aliphatic heterocycles. The van der Waals surface area contributed by atoms with Gasteiger partial charge in [-0.1, -0.05) is 23.7 Å². The van der Waals surface area contributed by atoms with Crippen LogP contribution in [0.15, 0.2) is 24.3 Å². The first-order valence-electron chi connectivity index (χ1n) is 2.24. The van der Waals surface area contributed by atoms with Crippen molar-refractivity contribution < 1.29 is 54.0 Å². The number of phenolic OH excluding ortho intramolecular Hbond substituents is 1. The molecule has 1 aromatic carbocycles. The Morgan fingerprint density at radius 1 is 1.22 bits per heavy atom. The molecule has 0 saturated carbocycles. The Morgan fingerprint density at radius 2 is 1.78 bits per heavy atom. The molecular weight excluding hydrogens is 255 g/mol. The number of hydrogen-bond acceptors (Lipinski definition) is 1. The third-order valence-electron chi connectivity index (χ3n) is 0.852. The van der Waals surface area contributed by atoms with Crippen molar-refractivity contribution in [3.05, 3.63) is 29.3 Å². The number of rotatable bonds is 0. The molecule has 0 unspecified atom stereocenters. The van der Waals surface area contributed by atoms with Crippen molar-refractivity contribution in [2.24, 2.45) is 0 Å². The zero-order valence-corrected chi connectivity index (χ0v) is 7.26. The fourth-order valence-electron chi connectivity index (χ4n) is 0.452. The molecule has 0 spiro atoms. The molecular formula is C6H5ClOXe. The van der Waals surface area contributed by atoms with Crippen LogP contribution in [0.2, 0.25) is 5.02 Å². The van der Waals surface area contributed by atoms with Gasteiger partial charge < -0.3 is 5.11 Å². The van der Waals surface area contributed by atoms with Crippen LogP contribution in [0.1, 0.15) is 0 Å². The number of aromatic hydroxyl groups is 1. The van der Waals surface area contributed by atoms with E-state index in [1.165, 1.54) is 0 Å². The monoisotopic (exact) mass is 260 g/mol. The van der Waals surface area contributed by atoms with Crippen LogP contribution in [0.3, 0.4) is 0 Å². The summed E-state index contributed by atoms with van der Waals surface area (Å²) in [5.74, 6) is 0.133. The molecule has 0 radical (unpaired) electrons. The molecule has 0 aliphatic rings. The van der Waals surface area contributed by atoms with Gasteiger partial charge in [-0.25, -0.2) is 0 Å². The van der Waals surface area contributed by atoms with Gasteiger partial charge in [0.05, 0.1) is 5.02 Å². The summed E-state index contributed by atoms with van der Waals surface area (Å²) in [7, 11) is 0. The maximum absolute atomic E-state index is 8.79. The second-order valence-electron chi connectivity index (χ2n) is 1.45. The van der Waals surface area contributed by atoms with Gasteiger partial charge in [0.2, 0.25) is 0 Å². The van der Waals surface area contributed by atoms with E-state index in [0.717, 1.165) is 0 Å². The summed E-state index contributed by atoms with van der Waals surface area (Å²) < 4.78 is 0. The Kier molecular flexibility index (Phi) is 5.12. The van der Waals surface area contributed by atoms with Crippen LogP contribution in [0, 0.1) is 48.9 Å². The van der Waals surface area contributed by atoms with Gasteiger partial charge in [-0.3, -0.25) is 0 Å². The molecule has 9 heavy (non-hydrogen) atoms. The van der Waals surface area contributed by atoms with Crippen LogP contribution in [-0.4, -0.2) is 5.11 Å². The van der Waals surface area contributed by atoms with Crippen LogP contribution >= 0.6 is 11.6 Å². The van der Waals surface area contributed by atoms with E-state index in [1.807, 2.05) is 0 Å². The predicted molar refractivity (Wildman–Crippen MR) is 33.1 cm³/mol. The van der Waals surface area contributed by atoms with E-state index in [1.54, 1.807) is 24.3 Å². The minimum absolute atomic E-state index is 0. The zero-order chi connectivity index (χ0) is 5.98. The summed E-state index contributed by atoms with van der Waals surface area (Å²) in [6.07, 6.45) is 0. The summed E-state index contributed by atoms with van der Waals surface area (Å²) in [5.41, 5.74) is 0. The molecule has 0 amide bonds. The summed E-state index contributed by atoms with van der Waals surface area (Å²) in [5, 5.41) is 9.18. The van der Waals surface area contributed by atoms with E-state index in [2.05, 4.69) is 0 Å². The zero-order valence-electron chi connectivity index (χ0n) is 4.49. The fraction of sp³-hybridized carbons (Fsp3) is 0. The van der Waals surface area contributed by atoms with E-state index in [9.17, 15) is 0 Å². The molecule has 0 aliphatic carbocycles. The maximum atomic E-state index is 8.79. The Bertz CT molecular complexity index is 169. The number of hydrogen-bond donors (Lipinski definition) is 1. The third kappa shape index (κ3) is 2.98. The van der Waals surface area contributed by atoms with Gasteiger partial charge in [-0.15, -0.1) is 0 Å². The summed E-state index contributed by atoms with van der Waals surface area (Å²) in [6.45, 7) is 0. The van der Waals surface area contributed by atoms with E-state index in [0.29, 0.717) is 5.02 Å². The van der Waals surface area contributed by atoms with Gasteiger partial charge in [0.25, 0.3) is 0 Å². The van der Waals surface area contributed by atoms with Gasteiger partial charge in [0.1, 0.15) is 5.75 Å². The summed E-state index contributed by atoms with van der Waals surface area (Å²) >= 11 is 5.46. The van der Waals surface area contributed by atoms with E-state index >= 15 is 0 Å². The van der Waals surface area contributed by atoms with Crippen LogP contribution in [0.4, 0.5) is 0 Å². The molecule has 0 bridgehead atoms. The molecule has 1 aromatic rings. The second-order valence-corrected chi connectivity index (χ2v) is 1.86. The van der Waals surface area contributed by atoms with Crippen molar-refractivity contribution in [3.63, 3.8) is 0 Å². The largest absolute Gasteiger partial charge is 0.506 e. The third-order valence-corrected chi connectivity index (χ3v) is 1.17. The predicted octanol–water partition coefficient (Wildman–Crippen LogP) is 2.05. The summed E-state index contributed by atoms with van der Waals surface area (Å²) in [4.78, 5) is 0. The fourth-order valence-corrected chi connectivity index (χ4v) is 0.587. The Balaban J connectivity index is 0.000000640. The minimum Gasteiger partial charge on any atom is -0.506 e. The Labute approximate surface area is 99.1 Å². The number of benzene rings is 1. The molecule has 1 N–H and O–H groups in total. The molecule has 0 heterocycles. The molecule has 0 fully saturated rings. The first-order valence-corrected chi connectivity index (χ1v) is 2.62.